The van der Waals surface area contributed by atoms with Crippen LogP contribution in [0.1, 0.15) is 15.9 Å². The molecule has 0 atom stereocenters. The first kappa shape index (κ1) is 17.6. The molecule has 0 N–H and O–H groups in total. The summed E-state index contributed by atoms with van der Waals surface area (Å²) in [6, 6.07) is 8.43. The Morgan fingerprint density at radius 2 is 2.00 bits per heavy atom. The molecule has 0 radical (unpaired) electrons. The summed E-state index contributed by atoms with van der Waals surface area (Å²) in [5, 5.41) is 11.4. The average molecular weight is 378 g/mol. The van der Waals surface area contributed by atoms with Crippen molar-refractivity contribution in [2.45, 2.75) is 5.88 Å². The molecule has 1 aromatic heterocycles. The smallest absolute Gasteiger partial charge is 0.351 e. The lowest BCUT2D eigenvalue weighted by molar-refractivity contribution is -0.385. The standard InChI is InChI=1S/C17H9ClFNO6/c18-8-9-1-4-14-10(5-9)6-12(16(21)25-14)17(22)26-15-7-11(19)2-3-13(15)20(23)24/h1-7H,8H2. The van der Waals surface area contributed by atoms with Crippen LogP contribution >= 0.6 is 11.6 Å². The van der Waals surface area contributed by atoms with Crippen LogP contribution in [0.4, 0.5) is 10.1 Å². The molecule has 3 rings (SSSR count). The number of esters is 1. The molecule has 26 heavy (non-hydrogen) atoms. The molecule has 7 nitrogen and oxygen atoms in total. The number of carbonyl (C=O) groups excluding carboxylic acids is 1. The van der Waals surface area contributed by atoms with E-state index in [1.807, 2.05) is 0 Å². The van der Waals surface area contributed by atoms with Gasteiger partial charge in [-0.05, 0) is 29.8 Å². The van der Waals surface area contributed by atoms with Crippen molar-refractivity contribution in [3.05, 3.63) is 79.9 Å². The highest BCUT2D eigenvalue weighted by Gasteiger charge is 2.22. The normalized spacial score (nSPS) is 10.7. The van der Waals surface area contributed by atoms with Crippen LogP contribution in [-0.4, -0.2) is 10.9 Å². The van der Waals surface area contributed by atoms with Gasteiger partial charge in [0.05, 0.1) is 4.92 Å². The van der Waals surface area contributed by atoms with Gasteiger partial charge in [0.2, 0.25) is 5.75 Å². The lowest BCUT2D eigenvalue weighted by Crippen LogP contribution is -2.19. The van der Waals surface area contributed by atoms with Crippen molar-refractivity contribution in [3.63, 3.8) is 0 Å². The average Bonchev–Trinajstić information content (AvgIpc) is 2.60. The number of rotatable bonds is 4. The van der Waals surface area contributed by atoms with Crippen molar-refractivity contribution in [2.75, 3.05) is 0 Å². The summed E-state index contributed by atoms with van der Waals surface area (Å²) in [4.78, 5) is 34.4. The molecule has 0 aliphatic carbocycles. The molecule has 0 bridgehead atoms. The highest BCUT2D eigenvalue weighted by Crippen LogP contribution is 2.28. The summed E-state index contributed by atoms with van der Waals surface area (Å²) in [6.07, 6.45) is 0. The molecule has 2 aromatic carbocycles. The van der Waals surface area contributed by atoms with Crippen molar-refractivity contribution in [3.8, 4) is 5.75 Å². The highest BCUT2D eigenvalue weighted by molar-refractivity contribution is 6.17. The molecule has 0 unspecified atom stereocenters. The van der Waals surface area contributed by atoms with Gasteiger partial charge in [-0.1, -0.05) is 6.07 Å². The number of nitrogens with zero attached hydrogens (tertiary/aromatic N) is 1. The Balaban J connectivity index is 2.03. The molecular formula is C17H9ClFNO6. The number of fused-ring (bicyclic) bond motifs is 1. The van der Waals surface area contributed by atoms with Gasteiger partial charge in [0, 0.05) is 23.4 Å². The minimum Gasteiger partial charge on any atom is -0.422 e. The van der Waals surface area contributed by atoms with Gasteiger partial charge in [0.1, 0.15) is 17.0 Å². The second kappa shape index (κ2) is 6.93. The largest absolute Gasteiger partial charge is 0.422 e. The molecule has 1 heterocycles. The minimum atomic E-state index is -1.20. The Labute approximate surface area is 149 Å². The zero-order valence-corrected chi connectivity index (χ0v) is 13.7. The number of benzene rings is 2. The van der Waals surface area contributed by atoms with Gasteiger partial charge in [-0.25, -0.2) is 14.0 Å². The Bertz CT molecular complexity index is 1090. The second-order valence-corrected chi connectivity index (χ2v) is 5.48. The number of nitro groups is 1. The fourth-order valence-corrected chi connectivity index (χ4v) is 2.44. The quantitative estimate of drug-likeness (QED) is 0.171. The Kier molecular flexibility index (Phi) is 4.68. The van der Waals surface area contributed by atoms with Crippen LogP contribution in [0, 0.1) is 15.9 Å². The summed E-state index contributed by atoms with van der Waals surface area (Å²) < 4.78 is 23.2. The molecule has 3 aromatic rings. The van der Waals surface area contributed by atoms with Gasteiger partial charge < -0.3 is 9.15 Å². The first-order chi connectivity index (χ1) is 12.4. The van der Waals surface area contributed by atoms with E-state index in [1.165, 1.54) is 12.1 Å². The number of nitro benzene ring substituents is 1. The van der Waals surface area contributed by atoms with E-state index in [2.05, 4.69) is 0 Å². The number of hydrogen-bond acceptors (Lipinski definition) is 6. The van der Waals surface area contributed by atoms with Crippen LogP contribution in [0.15, 0.2) is 51.7 Å². The van der Waals surface area contributed by atoms with Crippen molar-refractivity contribution in [1.29, 1.82) is 0 Å². The van der Waals surface area contributed by atoms with E-state index in [-0.39, 0.29) is 11.5 Å². The zero-order valence-electron chi connectivity index (χ0n) is 12.9. The molecule has 0 saturated carbocycles. The summed E-state index contributed by atoms with van der Waals surface area (Å²) >= 11 is 5.75. The van der Waals surface area contributed by atoms with Crippen molar-refractivity contribution in [2.24, 2.45) is 0 Å². The van der Waals surface area contributed by atoms with Crippen molar-refractivity contribution >= 4 is 34.2 Å². The van der Waals surface area contributed by atoms with Crippen LogP contribution in [0.2, 0.25) is 0 Å². The minimum absolute atomic E-state index is 0.213. The van der Waals surface area contributed by atoms with Crippen LogP contribution in [0.25, 0.3) is 11.0 Å². The Hall–Kier alpha value is -3.26. The molecule has 0 fully saturated rings. The van der Waals surface area contributed by atoms with E-state index in [1.54, 1.807) is 12.1 Å². The SMILES string of the molecule is O=C(Oc1cc(F)ccc1[N+](=O)[O-])c1cc2cc(CCl)ccc2oc1=O. The third-order valence-corrected chi connectivity index (χ3v) is 3.80. The first-order valence-corrected chi connectivity index (χ1v) is 7.71. The number of carbonyl (C=O) groups is 1. The van der Waals surface area contributed by atoms with Gasteiger partial charge >= 0.3 is 17.3 Å². The maximum Gasteiger partial charge on any atom is 0.351 e. The molecular weight excluding hydrogens is 369 g/mol. The third-order valence-electron chi connectivity index (χ3n) is 3.49. The van der Waals surface area contributed by atoms with Gasteiger partial charge in [0.15, 0.2) is 0 Å². The fourth-order valence-electron chi connectivity index (χ4n) is 2.27. The summed E-state index contributed by atoms with van der Waals surface area (Å²) in [6.45, 7) is 0. The monoisotopic (exact) mass is 377 g/mol. The predicted octanol–water partition coefficient (Wildman–Crippen LogP) is 3.80. The molecule has 0 saturated heterocycles. The van der Waals surface area contributed by atoms with Crippen LogP contribution < -0.4 is 10.4 Å². The van der Waals surface area contributed by atoms with Gasteiger partial charge in [-0.2, -0.15) is 0 Å². The van der Waals surface area contributed by atoms with E-state index in [9.17, 15) is 24.1 Å². The number of hydrogen-bond donors (Lipinski definition) is 0. The lowest BCUT2D eigenvalue weighted by Gasteiger charge is -2.06. The number of ether oxygens (including phenoxy) is 1. The molecule has 132 valence electrons. The number of alkyl halides is 1. The topological polar surface area (TPSA) is 99.7 Å². The molecule has 0 spiro atoms. The second-order valence-electron chi connectivity index (χ2n) is 5.21. The van der Waals surface area contributed by atoms with E-state index in [0.29, 0.717) is 11.5 Å². The summed E-state index contributed by atoms with van der Waals surface area (Å²) in [7, 11) is 0. The van der Waals surface area contributed by atoms with E-state index >= 15 is 0 Å². The highest BCUT2D eigenvalue weighted by atomic mass is 35.5. The maximum atomic E-state index is 13.3. The Morgan fingerprint density at radius 1 is 1.23 bits per heavy atom. The molecule has 0 aliphatic heterocycles. The van der Waals surface area contributed by atoms with Gasteiger partial charge in [-0.15, -0.1) is 11.6 Å². The maximum absolute atomic E-state index is 13.3. The van der Waals surface area contributed by atoms with Crippen molar-refractivity contribution in [1.82, 2.24) is 0 Å². The molecule has 0 aliphatic rings. The molecule has 0 amide bonds. The van der Waals surface area contributed by atoms with Gasteiger partial charge in [-0.3, -0.25) is 10.1 Å². The first-order valence-electron chi connectivity index (χ1n) is 7.18. The van der Waals surface area contributed by atoms with Gasteiger partial charge in [0.25, 0.3) is 0 Å². The van der Waals surface area contributed by atoms with Crippen LogP contribution in [0.5, 0.6) is 5.75 Å². The van der Waals surface area contributed by atoms with Crippen LogP contribution in [0.3, 0.4) is 0 Å². The fraction of sp³-hybridized carbons (Fsp3) is 0.0588. The Morgan fingerprint density at radius 3 is 2.69 bits per heavy atom. The van der Waals surface area contributed by atoms with E-state index in [0.717, 1.165) is 17.7 Å². The summed E-state index contributed by atoms with van der Waals surface area (Å²) in [5.74, 6) is -2.44. The zero-order chi connectivity index (χ0) is 18.8. The third kappa shape index (κ3) is 3.40. The van der Waals surface area contributed by atoms with E-state index in [4.69, 9.17) is 20.8 Å². The molecule has 9 heteroatoms. The van der Waals surface area contributed by atoms with Crippen molar-refractivity contribution < 1.29 is 23.3 Å². The number of halogens is 2. The lowest BCUT2D eigenvalue weighted by atomic mass is 10.1. The van der Waals surface area contributed by atoms with Crippen LogP contribution in [-0.2, 0) is 5.88 Å². The van der Waals surface area contributed by atoms with E-state index < -0.39 is 39.3 Å². The predicted molar refractivity (Wildman–Crippen MR) is 90.1 cm³/mol. The summed E-state index contributed by atoms with van der Waals surface area (Å²) in [5.41, 5.74) is -1.12.